The van der Waals surface area contributed by atoms with E-state index in [0.29, 0.717) is 13.0 Å². The van der Waals surface area contributed by atoms with E-state index in [1.54, 1.807) is 0 Å². The summed E-state index contributed by atoms with van der Waals surface area (Å²) in [4.78, 5) is 19.2. The van der Waals surface area contributed by atoms with Gasteiger partial charge in [0.05, 0.1) is 17.1 Å². The first-order chi connectivity index (χ1) is 9.20. The van der Waals surface area contributed by atoms with Gasteiger partial charge in [-0.2, -0.15) is 0 Å². The van der Waals surface area contributed by atoms with Gasteiger partial charge in [-0.3, -0.25) is 0 Å². The number of nitrogens with zero attached hydrogens (tertiary/aromatic N) is 1. The smallest absolute Gasteiger partial charge is 0.315 e. The van der Waals surface area contributed by atoms with Crippen LogP contribution in [0.4, 0.5) is 4.79 Å². The Morgan fingerprint density at radius 2 is 2.26 bits per heavy atom. The van der Waals surface area contributed by atoms with Crippen molar-refractivity contribution in [3.63, 3.8) is 0 Å². The molecule has 1 atom stereocenters. The maximum absolute atomic E-state index is 11.6. The molecule has 0 saturated carbocycles. The fraction of sp³-hybridized carbons (Fsp3) is 0.385. The number of carbonyl (C=O) groups excluding carboxylic acids is 1. The van der Waals surface area contributed by atoms with Gasteiger partial charge in [0.15, 0.2) is 0 Å². The number of fused-ring (bicyclic) bond motifs is 1. The highest BCUT2D eigenvalue weighted by Gasteiger charge is 2.12. The average Bonchev–Trinajstić information content (AvgIpc) is 2.83. The van der Waals surface area contributed by atoms with Crippen LogP contribution in [-0.4, -0.2) is 34.3 Å². The van der Waals surface area contributed by atoms with Crippen molar-refractivity contribution in [2.24, 2.45) is 0 Å². The van der Waals surface area contributed by atoms with Crippen LogP contribution in [-0.2, 0) is 0 Å². The minimum atomic E-state index is -0.263. The van der Waals surface area contributed by atoms with Crippen LogP contribution in [0.2, 0.25) is 0 Å². The normalized spacial score (nSPS) is 12.3. The molecule has 19 heavy (non-hydrogen) atoms. The van der Waals surface area contributed by atoms with Gasteiger partial charge in [0.25, 0.3) is 0 Å². The molecule has 0 aliphatic carbocycles. The molecule has 0 aliphatic heterocycles. The number of amides is 2. The fourth-order valence-corrected chi connectivity index (χ4v) is 1.77. The van der Waals surface area contributed by atoms with E-state index < -0.39 is 0 Å². The first-order valence-electron chi connectivity index (χ1n) is 6.30. The van der Waals surface area contributed by atoms with Crippen LogP contribution in [0.15, 0.2) is 24.3 Å². The lowest BCUT2D eigenvalue weighted by molar-refractivity contribution is 0.235. The molecule has 0 spiro atoms. The molecule has 6 nitrogen and oxygen atoms in total. The highest BCUT2D eigenvalue weighted by molar-refractivity contribution is 5.76. The number of H-pyrrole nitrogens is 1. The molecule has 1 heterocycles. The van der Waals surface area contributed by atoms with E-state index in [4.69, 9.17) is 5.11 Å². The number of imidazole rings is 1. The first-order valence-corrected chi connectivity index (χ1v) is 6.30. The number of benzene rings is 1. The van der Waals surface area contributed by atoms with E-state index in [-0.39, 0.29) is 18.7 Å². The molecule has 1 aromatic heterocycles. The summed E-state index contributed by atoms with van der Waals surface area (Å²) in [6, 6.07) is 7.25. The quantitative estimate of drug-likeness (QED) is 0.612. The van der Waals surface area contributed by atoms with Gasteiger partial charge in [0.1, 0.15) is 5.82 Å². The lowest BCUT2D eigenvalue weighted by atomic mass is 10.3. The highest BCUT2D eigenvalue weighted by atomic mass is 16.3. The average molecular weight is 262 g/mol. The van der Waals surface area contributed by atoms with E-state index >= 15 is 0 Å². The molecule has 2 amide bonds. The number of urea groups is 1. The number of aliphatic hydroxyl groups excluding tert-OH is 1. The van der Waals surface area contributed by atoms with Crippen molar-refractivity contribution in [1.29, 1.82) is 0 Å². The summed E-state index contributed by atoms with van der Waals surface area (Å²) >= 11 is 0. The van der Waals surface area contributed by atoms with Crippen LogP contribution in [0.25, 0.3) is 11.0 Å². The second-order valence-corrected chi connectivity index (χ2v) is 4.34. The Labute approximate surface area is 111 Å². The van der Waals surface area contributed by atoms with Gasteiger partial charge >= 0.3 is 6.03 Å². The summed E-state index contributed by atoms with van der Waals surface area (Å²) in [6.45, 7) is 2.39. The molecule has 6 heteroatoms. The second-order valence-electron chi connectivity index (χ2n) is 4.34. The highest BCUT2D eigenvalue weighted by Crippen LogP contribution is 2.15. The van der Waals surface area contributed by atoms with E-state index in [9.17, 15) is 4.79 Å². The van der Waals surface area contributed by atoms with Crippen molar-refractivity contribution in [1.82, 2.24) is 20.6 Å². The van der Waals surface area contributed by atoms with Crippen LogP contribution < -0.4 is 10.6 Å². The molecule has 102 valence electrons. The summed E-state index contributed by atoms with van der Waals surface area (Å²) in [6.07, 6.45) is 0.548. The minimum Gasteiger partial charge on any atom is -0.396 e. The zero-order valence-corrected chi connectivity index (χ0v) is 10.8. The maximum atomic E-state index is 11.6. The van der Waals surface area contributed by atoms with Crippen molar-refractivity contribution in [2.75, 3.05) is 13.2 Å². The SMILES string of the molecule is CC(NC(=O)NCCCO)c1nc2ccccc2[nH]1. The Morgan fingerprint density at radius 1 is 1.47 bits per heavy atom. The molecular formula is C13H18N4O2. The molecule has 0 saturated heterocycles. The van der Waals surface area contributed by atoms with Gasteiger partial charge in [0, 0.05) is 13.2 Å². The molecule has 2 rings (SSSR count). The number of rotatable bonds is 5. The number of aromatic nitrogens is 2. The van der Waals surface area contributed by atoms with Gasteiger partial charge < -0.3 is 20.7 Å². The van der Waals surface area contributed by atoms with Gasteiger partial charge in [-0.05, 0) is 25.5 Å². The molecule has 1 aromatic carbocycles. The zero-order valence-electron chi connectivity index (χ0n) is 10.8. The van der Waals surface area contributed by atoms with Crippen LogP contribution in [0.1, 0.15) is 25.2 Å². The van der Waals surface area contributed by atoms with Crippen LogP contribution >= 0.6 is 0 Å². The van der Waals surface area contributed by atoms with Crippen LogP contribution in [0.5, 0.6) is 0 Å². The van der Waals surface area contributed by atoms with Gasteiger partial charge in [-0.15, -0.1) is 0 Å². The largest absolute Gasteiger partial charge is 0.396 e. The summed E-state index contributed by atoms with van der Waals surface area (Å²) in [5, 5.41) is 14.1. The maximum Gasteiger partial charge on any atom is 0.315 e. The third kappa shape index (κ3) is 3.45. The molecule has 0 aliphatic rings. The topological polar surface area (TPSA) is 90.0 Å². The number of aliphatic hydroxyl groups is 1. The van der Waals surface area contributed by atoms with Gasteiger partial charge in [0.2, 0.25) is 0 Å². The third-order valence-electron chi connectivity index (χ3n) is 2.79. The Balaban J connectivity index is 1.95. The lowest BCUT2D eigenvalue weighted by Crippen LogP contribution is -2.38. The molecule has 4 N–H and O–H groups in total. The van der Waals surface area contributed by atoms with Crippen molar-refractivity contribution in [2.45, 2.75) is 19.4 Å². The number of carbonyl (C=O) groups is 1. The zero-order chi connectivity index (χ0) is 13.7. The summed E-state index contributed by atoms with van der Waals surface area (Å²) in [5.41, 5.74) is 1.83. The van der Waals surface area contributed by atoms with Crippen molar-refractivity contribution in [3.8, 4) is 0 Å². The summed E-state index contributed by atoms with van der Waals surface area (Å²) < 4.78 is 0. The van der Waals surface area contributed by atoms with Crippen LogP contribution in [0, 0.1) is 0 Å². The number of para-hydroxylation sites is 2. The van der Waals surface area contributed by atoms with Crippen molar-refractivity contribution in [3.05, 3.63) is 30.1 Å². The number of hydrogen-bond donors (Lipinski definition) is 4. The minimum absolute atomic E-state index is 0.0689. The Hall–Kier alpha value is -2.08. The molecule has 2 aromatic rings. The van der Waals surface area contributed by atoms with E-state index in [0.717, 1.165) is 16.9 Å². The molecular weight excluding hydrogens is 244 g/mol. The Morgan fingerprint density at radius 3 is 3.00 bits per heavy atom. The molecule has 1 unspecified atom stereocenters. The molecule has 0 radical (unpaired) electrons. The Kier molecular flexibility index (Phi) is 4.35. The first kappa shape index (κ1) is 13.4. The fourth-order valence-electron chi connectivity index (χ4n) is 1.77. The standard InChI is InChI=1S/C13H18N4O2/c1-9(15-13(19)14-7-4-8-18)12-16-10-5-2-3-6-11(10)17-12/h2-3,5-6,9,18H,4,7-8H2,1H3,(H,16,17)(H2,14,15,19). The summed E-state index contributed by atoms with van der Waals surface area (Å²) in [7, 11) is 0. The number of hydrogen-bond acceptors (Lipinski definition) is 3. The van der Waals surface area contributed by atoms with Gasteiger partial charge in [-0.25, -0.2) is 9.78 Å². The molecule has 0 bridgehead atoms. The number of aromatic amines is 1. The second kappa shape index (κ2) is 6.19. The number of nitrogens with one attached hydrogen (secondary N) is 3. The van der Waals surface area contributed by atoms with Crippen molar-refractivity contribution >= 4 is 17.1 Å². The van der Waals surface area contributed by atoms with Gasteiger partial charge in [-0.1, -0.05) is 12.1 Å². The predicted molar refractivity (Wildman–Crippen MR) is 72.7 cm³/mol. The monoisotopic (exact) mass is 262 g/mol. The predicted octanol–water partition coefficient (Wildman–Crippen LogP) is 1.31. The van der Waals surface area contributed by atoms with E-state index in [1.165, 1.54) is 0 Å². The molecule has 0 fully saturated rings. The third-order valence-corrected chi connectivity index (χ3v) is 2.79. The Bertz CT molecular complexity index is 519. The van der Waals surface area contributed by atoms with E-state index in [1.807, 2.05) is 31.2 Å². The van der Waals surface area contributed by atoms with Crippen LogP contribution in [0.3, 0.4) is 0 Å². The van der Waals surface area contributed by atoms with E-state index in [2.05, 4.69) is 20.6 Å². The summed E-state index contributed by atoms with van der Waals surface area (Å²) in [5.74, 6) is 0.721. The lowest BCUT2D eigenvalue weighted by Gasteiger charge is -2.12. The van der Waals surface area contributed by atoms with Crippen molar-refractivity contribution < 1.29 is 9.90 Å².